The predicted octanol–water partition coefficient (Wildman–Crippen LogP) is 0.801. The fourth-order valence-corrected chi connectivity index (χ4v) is 1.51. The third kappa shape index (κ3) is 1.93. The zero-order chi connectivity index (χ0) is 8.43. The lowest BCUT2D eigenvalue weighted by atomic mass is 9.92. The van der Waals surface area contributed by atoms with E-state index in [4.69, 9.17) is 5.11 Å². The summed E-state index contributed by atoms with van der Waals surface area (Å²) in [6.07, 6.45) is 1.60. The summed E-state index contributed by atoms with van der Waals surface area (Å²) in [6.45, 7) is 2.99. The number of rotatable bonds is 1. The van der Waals surface area contributed by atoms with E-state index in [2.05, 4.69) is 11.8 Å². The van der Waals surface area contributed by atoms with Crippen molar-refractivity contribution in [2.45, 2.75) is 25.8 Å². The standard InChI is InChI=1S/C8H15NO2/c1-6-5-7(8(10)11)3-4-9(6)2/h6-7H,3-5H2,1-2H3,(H,10,11). The largest absolute Gasteiger partial charge is 0.481 e. The van der Waals surface area contributed by atoms with Crippen LogP contribution in [0.25, 0.3) is 0 Å². The molecule has 2 atom stereocenters. The molecule has 1 saturated heterocycles. The molecule has 1 N–H and O–H groups in total. The van der Waals surface area contributed by atoms with Gasteiger partial charge in [-0.15, -0.1) is 0 Å². The maximum absolute atomic E-state index is 10.6. The molecule has 0 saturated carbocycles. The van der Waals surface area contributed by atoms with Gasteiger partial charge in [-0.3, -0.25) is 4.79 Å². The average Bonchev–Trinajstić information content (AvgIpc) is 1.94. The predicted molar refractivity (Wildman–Crippen MR) is 42.5 cm³/mol. The fraction of sp³-hybridized carbons (Fsp3) is 0.875. The zero-order valence-corrected chi connectivity index (χ0v) is 7.08. The summed E-state index contributed by atoms with van der Waals surface area (Å²) >= 11 is 0. The average molecular weight is 157 g/mol. The molecule has 0 aromatic carbocycles. The lowest BCUT2D eigenvalue weighted by molar-refractivity contribution is -0.143. The molecule has 1 rings (SSSR count). The van der Waals surface area contributed by atoms with Crippen molar-refractivity contribution in [3.05, 3.63) is 0 Å². The van der Waals surface area contributed by atoms with E-state index < -0.39 is 5.97 Å². The second-order valence-electron chi connectivity index (χ2n) is 3.39. The minimum atomic E-state index is -0.634. The monoisotopic (exact) mass is 157 g/mol. The van der Waals surface area contributed by atoms with E-state index in [1.807, 2.05) is 7.05 Å². The third-order valence-electron chi connectivity index (χ3n) is 2.56. The van der Waals surface area contributed by atoms with E-state index >= 15 is 0 Å². The Balaban J connectivity index is 2.46. The van der Waals surface area contributed by atoms with Crippen LogP contribution in [0.3, 0.4) is 0 Å². The van der Waals surface area contributed by atoms with Gasteiger partial charge in [0, 0.05) is 6.04 Å². The van der Waals surface area contributed by atoms with Crippen LogP contribution in [-0.4, -0.2) is 35.6 Å². The van der Waals surface area contributed by atoms with Gasteiger partial charge in [0.2, 0.25) is 0 Å². The van der Waals surface area contributed by atoms with Gasteiger partial charge in [-0.05, 0) is 33.4 Å². The molecular formula is C8H15NO2. The van der Waals surface area contributed by atoms with E-state index in [0.717, 1.165) is 19.4 Å². The zero-order valence-electron chi connectivity index (χ0n) is 7.08. The van der Waals surface area contributed by atoms with Crippen LogP contribution in [0.5, 0.6) is 0 Å². The molecule has 0 aromatic heterocycles. The van der Waals surface area contributed by atoms with Gasteiger partial charge < -0.3 is 10.0 Å². The number of aliphatic carboxylic acids is 1. The van der Waals surface area contributed by atoms with Crippen LogP contribution < -0.4 is 0 Å². The molecule has 0 aliphatic carbocycles. The molecular weight excluding hydrogens is 142 g/mol. The Bertz CT molecular complexity index is 158. The molecule has 0 bridgehead atoms. The molecule has 64 valence electrons. The first-order valence-electron chi connectivity index (χ1n) is 4.04. The van der Waals surface area contributed by atoms with Gasteiger partial charge in [-0.2, -0.15) is 0 Å². The highest BCUT2D eigenvalue weighted by Crippen LogP contribution is 2.21. The van der Waals surface area contributed by atoms with Crippen LogP contribution in [0.1, 0.15) is 19.8 Å². The molecule has 1 aliphatic rings. The number of piperidine rings is 1. The molecule has 0 amide bonds. The molecule has 3 nitrogen and oxygen atoms in total. The Hall–Kier alpha value is -0.570. The van der Waals surface area contributed by atoms with Gasteiger partial charge in [0.15, 0.2) is 0 Å². The van der Waals surface area contributed by atoms with Crippen LogP contribution in [0, 0.1) is 5.92 Å². The molecule has 0 aromatic rings. The molecule has 1 heterocycles. The molecule has 0 radical (unpaired) electrons. The minimum absolute atomic E-state index is 0.110. The number of hydrogen-bond acceptors (Lipinski definition) is 2. The van der Waals surface area contributed by atoms with Crippen molar-refractivity contribution in [3.8, 4) is 0 Å². The SMILES string of the molecule is CC1CC(C(=O)O)CCN1C. The van der Waals surface area contributed by atoms with Crippen molar-refractivity contribution in [2.75, 3.05) is 13.6 Å². The quantitative estimate of drug-likeness (QED) is 0.612. The summed E-state index contributed by atoms with van der Waals surface area (Å²) in [4.78, 5) is 12.8. The van der Waals surface area contributed by atoms with Gasteiger partial charge in [-0.1, -0.05) is 0 Å². The van der Waals surface area contributed by atoms with Crippen molar-refractivity contribution in [2.24, 2.45) is 5.92 Å². The number of carbonyl (C=O) groups is 1. The smallest absolute Gasteiger partial charge is 0.306 e. The first-order valence-corrected chi connectivity index (χ1v) is 4.04. The summed E-state index contributed by atoms with van der Waals surface area (Å²) < 4.78 is 0. The second kappa shape index (κ2) is 3.22. The molecule has 1 fully saturated rings. The maximum atomic E-state index is 10.6. The summed E-state index contributed by atoms with van der Waals surface area (Å²) in [5, 5.41) is 8.72. The van der Waals surface area contributed by atoms with Gasteiger partial charge >= 0.3 is 5.97 Å². The first kappa shape index (κ1) is 8.53. The highest BCUT2D eigenvalue weighted by molar-refractivity contribution is 5.70. The number of carboxylic acids is 1. The number of carboxylic acid groups (broad SMARTS) is 1. The Labute approximate surface area is 67.0 Å². The van der Waals surface area contributed by atoms with E-state index in [-0.39, 0.29) is 5.92 Å². The van der Waals surface area contributed by atoms with Crippen molar-refractivity contribution >= 4 is 5.97 Å². The molecule has 3 heteroatoms. The maximum Gasteiger partial charge on any atom is 0.306 e. The third-order valence-corrected chi connectivity index (χ3v) is 2.56. The number of likely N-dealkylation sites (tertiary alicyclic amines) is 1. The van der Waals surface area contributed by atoms with Crippen LogP contribution in [0.15, 0.2) is 0 Å². The number of nitrogens with zero attached hydrogens (tertiary/aromatic N) is 1. The lowest BCUT2D eigenvalue weighted by Crippen LogP contribution is -2.39. The first-order chi connectivity index (χ1) is 5.11. The molecule has 0 spiro atoms. The Kier molecular flexibility index (Phi) is 2.49. The molecule has 2 unspecified atom stereocenters. The van der Waals surface area contributed by atoms with Crippen LogP contribution in [-0.2, 0) is 4.79 Å². The summed E-state index contributed by atoms with van der Waals surface area (Å²) in [6, 6.07) is 0.421. The summed E-state index contributed by atoms with van der Waals surface area (Å²) in [5.74, 6) is -0.744. The van der Waals surface area contributed by atoms with Crippen molar-refractivity contribution < 1.29 is 9.90 Å². The van der Waals surface area contributed by atoms with Crippen molar-refractivity contribution in [1.82, 2.24) is 4.90 Å². The van der Waals surface area contributed by atoms with Crippen molar-refractivity contribution in [3.63, 3.8) is 0 Å². The van der Waals surface area contributed by atoms with Gasteiger partial charge in [-0.25, -0.2) is 0 Å². The van der Waals surface area contributed by atoms with Crippen LogP contribution in [0.2, 0.25) is 0 Å². The van der Waals surface area contributed by atoms with Gasteiger partial charge in [0.1, 0.15) is 0 Å². The highest BCUT2D eigenvalue weighted by Gasteiger charge is 2.27. The summed E-state index contributed by atoms with van der Waals surface area (Å²) in [5.41, 5.74) is 0. The van der Waals surface area contributed by atoms with Crippen LogP contribution >= 0.6 is 0 Å². The minimum Gasteiger partial charge on any atom is -0.481 e. The topological polar surface area (TPSA) is 40.5 Å². The Morgan fingerprint density at radius 1 is 1.64 bits per heavy atom. The molecule has 11 heavy (non-hydrogen) atoms. The van der Waals surface area contributed by atoms with Gasteiger partial charge in [0.25, 0.3) is 0 Å². The second-order valence-corrected chi connectivity index (χ2v) is 3.39. The van der Waals surface area contributed by atoms with E-state index in [1.54, 1.807) is 0 Å². The summed E-state index contributed by atoms with van der Waals surface area (Å²) in [7, 11) is 2.04. The Morgan fingerprint density at radius 3 is 2.73 bits per heavy atom. The highest BCUT2D eigenvalue weighted by atomic mass is 16.4. The van der Waals surface area contributed by atoms with Gasteiger partial charge in [0.05, 0.1) is 5.92 Å². The normalized spacial score (nSPS) is 33.6. The Morgan fingerprint density at radius 2 is 2.27 bits per heavy atom. The van der Waals surface area contributed by atoms with Crippen LogP contribution in [0.4, 0.5) is 0 Å². The molecule has 1 aliphatic heterocycles. The number of hydrogen-bond donors (Lipinski definition) is 1. The van der Waals surface area contributed by atoms with Crippen molar-refractivity contribution in [1.29, 1.82) is 0 Å². The van der Waals surface area contributed by atoms with E-state index in [1.165, 1.54) is 0 Å². The lowest BCUT2D eigenvalue weighted by Gasteiger charge is -2.32. The van der Waals surface area contributed by atoms with E-state index in [0.29, 0.717) is 6.04 Å². The van der Waals surface area contributed by atoms with E-state index in [9.17, 15) is 4.79 Å². The fourth-order valence-electron chi connectivity index (χ4n) is 1.51.